The summed E-state index contributed by atoms with van der Waals surface area (Å²) in [6, 6.07) is 7.56. The smallest absolute Gasteiger partial charge is 0.169 e. The molecule has 16 heavy (non-hydrogen) atoms. The summed E-state index contributed by atoms with van der Waals surface area (Å²) in [6.07, 6.45) is 2.25. The van der Waals surface area contributed by atoms with Gasteiger partial charge in [0.25, 0.3) is 0 Å². The number of para-hydroxylation sites is 1. The van der Waals surface area contributed by atoms with Gasteiger partial charge in [-0.3, -0.25) is 4.79 Å². The van der Waals surface area contributed by atoms with E-state index in [-0.39, 0.29) is 11.7 Å². The Morgan fingerprint density at radius 3 is 2.94 bits per heavy atom. The van der Waals surface area contributed by atoms with Gasteiger partial charge in [-0.25, -0.2) is 0 Å². The van der Waals surface area contributed by atoms with Crippen molar-refractivity contribution in [3.63, 3.8) is 0 Å². The van der Waals surface area contributed by atoms with E-state index in [4.69, 9.17) is 10.2 Å². The molecule has 0 radical (unpaired) electrons. The van der Waals surface area contributed by atoms with Crippen molar-refractivity contribution >= 4 is 16.8 Å². The number of rotatable bonds is 4. The lowest BCUT2D eigenvalue weighted by Crippen LogP contribution is -2.15. The third kappa shape index (κ3) is 1.86. The van der Waals surface area contributed by atoms with Gasteiger partial charge in [0, 0.05) is 11.3 Å². The monoisotopic (exact) mass is 217 g/mol. The number of furan rings is 1. The lowest BCUT2D eigenvalue weighted by Gasteiger charge is -2.06. The molecule has 0 aliphatic rings. The minimum atomic E-state index is -0.0500. The van der Waals surface area contributed by atoms with E-state index in [1.54, 1.807) is 6.26 Å². The van der Waals surface area contributed by atoms with Crippen molar-refractivity contribution in [2.75, 3.05) is 6.54 Å². The van der Waals surface area contributed by atoms with E-state index < -0.39 is 0 Å². The number of fused-ring (bicyclic) bond motifs is 1. The zero-order chi connectivity index (χ0) is 11.5. The van der Waals surface area contributed by atoms with Crippen LogP contribution in [0.15, 0.2) is 34.9 Å². The fraction of sp³-hybridized carbons (Fsp3) is 0.308. The molecule has 0 aliphatic carbocycles. The number of benzene rings is 1. The molecule has 0 saturated carbocycles. The largest absolute Gasteiger partial charge is 0.464 e. The van der Waals surface area contributed by atoms with Gasteiger partial charge in [0.05, 0.1) is 5.56 Å². The summed E-state index contributed by atoms with van der Waals surface area (Å²) in [4.78, 5) is 12.1. The van der Waals surface area contributed by atoms with Crippen LogP contribution in [-0.4, -0.2) is 12.3 Å². The third-order valence-corrected chi connectivity index (χ3v) is 2.79. The van der Waals surface area contributed by atoms with Crippen molar-refractivity contribution in [3.05, 3.63) is 36.1 Å². The molecule has 0 bridgehead atoms. The average molecular weight is 217 g/mol. The molecule has 2 rings (SSSR count). The third-order valence-electron chi connectivity index (χ3n) is 2.79. The molecule has 2 aromatic rings. The zero-order valence-electron chi connectivity index (χ0n) is 9.27. The first-order chi connectivity index (χ1) is 7.74. The van der Waals surface area contributed by atoms with Gasteiger partial charge >= 0.3 is 0 Å². The maximum atomic E-state index is 12.1. The summed E-state index contributed by atoms with van der Waals surface area (Å²) in [5.41, 5.74) is 6.88. The van der Waals surface area contributed by atoms with Crippen LogP contribution >= 0.6 is 0 Å². The SMILES string of the molecule is CC(CCN)C(=O)c1coc2ccccc12. The Morgan fingerprint density at radius 2 is 2.19 bits per heavy atom. The molecule has 3 nitrogen and oxygen atoms in total. The lowest BCUT2D eigenvalue weighted by atomic mass is 9.96. The Hall–Kier alpha value is -1.61. The molecular weight excluding hydrogens is 202 g/mol. The molecule has 0 amide bonds. The van der Waals surface area contributed by atoms with Crippen molar-refractivity contribution in [1.82, 2.24) is 0 Å². The van der Waals surface area contributed by atoms with Crippen molar-refractivity contribution in [3.8, 4) is 0 Å². The number of Topliss-reactive ketones (excluding diaryl/α,β-unsaturated/α-hetero) is 1. The molecule has 1 aromatic heterocycles. The van der Waals surface area contributed by atoms with E-state index in [2.05, 4.69) is 0 Å². The predicted octanol–water partition coefficient (Wildman–Crippen LogP) is 2.60. The van der Waals surface area contributed by atoms with Gasteiger partial charge in [-0.1, -0.05) is 25.1 Å². The van der Waals surface area contributed by atoms with Gasteiger partial charge in [-0.05, 0) is 19.0 Å². The fourth-order valence-electron chi connectivity index (χ4n) is 1.82. The van der Waals surface area contributed by atoms with Crippen LogP contribution in [0.5, 0.6) is 0 Å². The summed E-state index contributed by atoms with van der Waals surface area (Å²) in [5, 5.41) is 0.886. The van der Waals surface area contributed by atoms with Crippen LogP contribution in [0.3, 0.4) is 0 Å². The minimum absolute atomic E-state index is 0.0500. The van der Waals surface area contributed by atoms with E-state index in [0.717, 1.165) is 11.0 Å². The first kappa shape index (κ1) is 10.9. The van der Waals surface area contributed by atoms with Crippen molar-refractivity contribution < 1.29 is 9.21 Å². The molecule has 0 saturated heterocycles. The van der Waals surface area contributed by atoms with Crippen LogP contribution < -0.4 is 5.73 Å². The molecule has 1 aromatic carbocycles. The van der Waals surface area contributed by atoms with Gasteiger partial charge < -0.3 is 10.2 Å². The molecule has 0 fully saturated rings. The first-order valence-corrected chi connectivity index (χ1v) is 5.44. The van der Waals surface area contributed by atoms with Crippen LogP contribution in [0.1, 0.15) is 23.7 Å². The van der Waals surface area contributed by atoms with E-state index in [0.29, 0.717) is 18.5 Å². The Balaban J connectivity index is 2.36. The maximum Gasteiger partial charge on any atom is 0.169 e. The first-order valence-electron chi connectivity index (χ1n) is 5.44. The summed E-state index contributed by atoms with van der Waals surface area (Å²) < 4.78 is 5.35. The van der Waals surface area contributed by atoms with Crippen molar-refractivity contribution in [2.45, 2.75) is 13.3 Å². The standard InChI is InChI=1S/C13H15NO2/c1-9(6-7-14)13(15)11-8-16-12-5-3-2-4-10(11)12/h2-5,8-9H,6-7,14H2,1H3. The highest BCUT2D eigenvalue weighted by atomic mass is 16.3. The van der Waals surface area contributed by atoms with Gasteiger partial charge in [0.1, 0.15) is 11.8 Å². The van der Waals surface area contributed by atoms with Crippen LogP contribution in [0.2, 0.25) is 0 Å². The van der Waals surface area contributed by atoms with Crippen molar-refractivity contribution in [1.29, 1.82) is 0 Å². The van der Waals surface area contributed by atoms with Crippen LogP contribution in [0.25, 0.3) is 11.0 Å². The average Bonchev–Trinajstić information content (AvgIpc) is 2.72. The Morgan fingerprint density at radius 1 is 1.44 bits per heavy atom. The highest BCUT2D eigenvalue weighted by molar-refractivity contribution is 6.07. The predicted molar refractivity (Wildman–Crippen MR) is 63.4 cm³/mol. The molecule has 0 spiro atoms. The van der Waals surface area contributed by atoms with Gasteiger partial charge in [-0.2, -0.15) is 0 Å². The van der Waals surface area contributed by atoms with Crippen LogP contribution in [0, 0.1) is 5.92 Å². The van der Waals surface area contributed by atoms with Gasteiger partial charge in [0.15, 0.2) is 5.78 Å². The number of carbonyl (C=O) groups is 1. The van der Waals surface area contributed by atoms with E-state index >= 15 is 0 Å². The molecule has 1 unspecified atom stereocenters. The lowest BCUT2D eigenvalue weighted by molar-refractivity contribution is 0.0926. The number of nitrogens with two attached hydrogens (primary N) is 1. The minimum Gasteiger partial charge on any atom is -0.464 e. The molecule has 1 heterocycles. The summed E-state index contributed by atoms with van der Waals surface area (Å²) in [7, 11) is 0. The van der Waals surface area contributed by atoms with E-state index in [9.17, 15) is 4.79 Å². The number of ketones is 1. The van der Waals surface area contributed by atoms with E-state index in [1.807, 2.05) is 31.2 Å². The second kappa shape index (κ2) is 4.49. The molecule has 84 valence electrons. The summed E-state index contributed by atoms with van der Waals surface area (Å²) in [6.45, 7) is 2.43. The molecule has 1 atom stereocenters. The maximum absolute atomic E-state index is 12.1. The number of hydrogen-bond donors (Lipinski definition) is 1. The highest BCUT2D eigenvalue weighted by Crippen LogP contribution is 2.23. The normalized spacial score (nSPS) is 12.9. The fourth-order valence-corrected chi connectivity index (χ4v) is 1.82. The molecule has 2 N–H and O–H groups in total. The second-order valence-electron chi connectivity index (χ2n) is 3.99. The quantitative estimate of drug-likeness (QED) is 0.801. The molecule has 0 aliphatic heterocycles. The molecule has 3 heteroatoms. The highest BCUT2D eigenvalue weighted by Gasteiger charge is 2.18. The van der Waals surface area contributed by atoms with E-state index in [1.165, 1.54) is 0 Å². The number of hydrogen-bond acceptors (Lipinski definition) is 3. The zero-order valence-corrected chi connectivity index (χ0v) is 9.27. The van der Waals surface area contributed by atoms with Crippen LogP contribution in [0.4, 0.5) is 0 Å². The summed E-state index contributed by atoms with van der Waals surface area (Å²) in [5.74, 6) is 0.0569. The molecular formula is C13H15NO2. The van der Waals surface area contributed by atoms with Gasteiger partial charge in [0.2, 0.25) is 0 Å². The second-order valence-corrected chi connectivity index (χ2v) is 3.99. The van der Waals surface area contributed by atoms with Crippen molar-refractivity contribution in [2.24, 2.45) is 11.7 Å². The van der Waals surface area contributed by atoms with Gasteiger partial charge in [-0.15, -0.1) is 0 Å². The Kier molecular flexibility index (Phi) is 3.06. The van der Waals surface area contributed by atoms with Crippen LogP contribution in [-0.2, 0) is 0 Å². The topological polar surface area (TPSA) is 56.2 Å². The Labute approximate surface area is 94.2 Å². The number of carbonyl (C=O) groups excluding carboxylic acids is 1. The Bertz CT molecular complexity index is 501. The summed E-state index contributed by atoms with van der Waals surface area (Å²) >= 11 is 0.